The molecule has 0 aliphatic carbocycles. The van der Waals surface area contributed by atoms with E-state index in [1.807, 2.05) is 44.2 Å². The van der Waals surface area contributed by atoms with Gasteiger partial charge in [-0.3, -0.25) is 0 Å². The number of sulfone groups is 1. The lowest BCUT2D eigenvalue weighted by Gasteiger charge is -2.45. The zero-order chi connectivity index (χ0) is 14.0. The molecule has 0 aliphatic rings. The highest BCUT2D eigenvalue weighted by Crippen LogP contribution is 2.44. The summed E-state index contributed by atoms with van der Waals surface area (Å²) in [6.45, 7) is 7.95. The standard InChI is InChI=1S/C15H24O2S/c1-6-14(3,13-11-9-8-10-12-13)15(4,7-2)18(5,16)17/h8-12H,6-7H2,1-5H3. The van der Waals surface area contributed by atoms with Crippen LogP contribution in [-0.4, -0.2) is 19.4 Å². The van der Waals surface area contributed by atoms with E-state index >= 15 is 0 Å². The second kappa shape index (κ2) is 5.04. The molecule has 2 nitrogen and oxygen atoms in total. The third-order valence-electron chi connectivity index (χ3n) is 4.78. The molecule has 0 heterocycles. The molecule has 1 rings (SSSR count). The second-order valence-corrected chi connectivity index (χ2v) is 7.85. The first kappa shape index (κ1) is 15.2. The molecule has 0 amide bonds. The highest BCUT2D eigenvalue weighted by Gasteiger charge is 2.50. The minimum Gasteiger partial charge on any atom is -0.229 e. The minimum atomic E-state index is -3.13. The molecule has 2 unspecified atom stereocenters. The smallest absolute Gasteiger partial charge is 0.153 e. The molecule has 0 fully saturated rings. The summed E-state index contributed by atoms with van der Waals surface area (Å²) in [6, 6.07) is 9.97. The van der Waals surface area contributed by atoms with Gasteiger partial charge in [0, 0.05) is 11.7 Å². The highest BCUT2D eigenvalue weighted by molar-refractivity contribution is 7.92. The molecule has 1 aromatic carbocycles. The van der Waals surface area contributed by atoms with Crippen LogP contribution in [0.3, 0.4) is 0 Å². The normalized spacial score (nSPS) is 18.9. The van der Waals surface area contributed by atoms with E-state index in [9.17, 15) is 8.42 Å². The van der Waals surface area contributed by atoms with Gasteiger partial charge in [-0.15, -0.1) is 0 Å². The molecule has 18 heavy (non-hydrogen) atoms. The van der Waals surface area contributed by atoms with Crippen molar-refractivity contribution in [2.75, 3.05) is 6.26 Å². The van der Waals surface area contributed by atoms with Crippen LogP contribution in [-0.2, 0) is 15.3 Å². The molecule has 2 atom stereocenters. The second-order valence-electron chi connectivity index (χ2n) is 5.41. The molecule has 0 spiro atoms. The van der Waals surface area contributed by atoms with Crippen LogP contribution in [0.4, 0.5) is 0 Å². The molecule has 3 heteroatoms. The highest BCUT2D eigenvalue weighted by atomic mass is 32.2. The van der Waals surface area contributed by atoms with Crippen molar-refractivity contribution in [3.8, 4) is 0 Å². The predicted octanol–water partition coefficient (Wildman–Crippen LogP) is 3.57. The van der Waals surface area contributed by atoms with E-state index in [0.717, 1.165) is 12.0 Å². The Morgan fingerprint density at radius 1 is 1.00 bits per heavy atom. The molecule has 0 bridgehead atoms. The fraction of sp³-hybridized carbons (Fsp3) is 0.600. The number of hydrogen-bond acceptors (Lipinski definition) is 2. The summed E-state index contributed by atoms with van der Waals surface area (Å²) in [7, 11) is -3.13. The fourth-order valence-corrected chi connectivity index (χ4v) is 4.36. The average Bonchev–Trinajstić information content (AvgIpc) is 2.36. The molecular formula is C15H24O2S. The molecule has 0 saturated carbocycles. The summed E-state index contributed by atoms with van der Waals surface area (Å²) in [4.78, 5) is 0. The molecule has 0 aromatic heterocycles. The summed E-state index contributed by atoms with van der Waals surface area (Å²) >= 11 is 0. The third-order valence-corrected chi connectivity index (χ3v) is 7.15. The molecule has 0 aliphatic heterocycles. The first-order valence-electron chi connectivity index (χ1n) is 6.48. The molecule has 102 valence electrons. The lowest BCUT2D eigenvalue weighted by Crippen LogP contribution is -2.52. The van der Waals surface area contributed by atoms with E-state index < -0.39 is 14.6 Å². The van der Waals surface area contributed by atoms with Gasteiger partial charge in [-0.1, -0.05) is 51.1 Å². The van der Waals surface area contributed by atoms with Crippen LogP contribution < -0.4 is 0 Å². The van der Waals surface area contributed by atoms with Gasteiger partial charge in [0.2, 0.25) is 0 Å². The maximum Gasteiger partial charge on any atom is 0.153 e. The van der Waals surface area contributed by atoms with Crippen LogP contribution in [0.15, 0.2) is 30.3 Å². The van der Waals surface area contributed by atoms with Gasteiger partial charge in [-0.05, 0) is 25.3 Å². The Balaban J connectivity index is 3.49. The minimum absolute atomic E-state index is 0.364. The van der Waals surface area contributed by atoms with E-state index in [0.29, 0.717) is 6.42 Å². The van der Waals surface area contributed by atoms with E-state index in [2.05, 4.69) is 13.8 Å². The topological polar surface area (TPSA) is 34.1 Å². The lowest BCUT2D eigenvalue weighted by atomic mass is 9.69. The van der Waals surface area contributed by atoms with Crippen molar-refractivity contribution in [2.24, 2.45) is 0 Å². The Kier molecular flexibility index (Phi) is 4.26. The fourth-order valence-electron chi connectivity index (χ4n) is 2.75. The van der Waals surface area contributed by atoms with E-state index in [-0.39, 0.29) is 5.41 Å². The van der Waals surface area contributed by atoms with Gasteiger partial charge in [0.15, 0.2) is 9.84 Å². The Bertz CT molecular complexity index is 492. The van der Waals surface area contributed by atoms with Crippen molar-refractivity contribution in [2.45, 2.75) is 50.7 Å². The van der Waals surface area contributed by atoms with Crippen molar-refractivity contribution in [1.82, 2.24) is 0 Å². The van der Waals surface area contributed by atoms with Gasteiger partial charge in [-0.2, -0.15) is 0 Å². The summed E-state index contributed by atoms with van der Waals surface area (Å²) in [5.74, 6) is 0. The van der Waals surface area contributed by atoms with Gasteiger partial charge in [0.25, 0.3) is 0 Å². The summed E-state index contributed by atoms with van der Waals surface area (Å²) < 4.78 is 23.8. The predicted molar refractivity (Wildman–Crippen MR) is 77.6 cm³/mol. The van der Waals surface area contributed by atoms with Gasteiger partial charge < -0.3 is 0 Å². The van der Waals surface area contributed by atoms with Crippen LogP contribution in [0.1, 0.15) is 46.1 Å². The van der Waals surface area contributed by atoms with Gasteiger partial charge in [0.1, 0.15) is 0 Å². The first-order valence-corrected chi connectivity index (χ1v) is 8.37. The molecule has 0 saturated heterocycles. The zero-order valence-electron chi connectivity index (χ0n) is 12.0. The van der Waals surface area contributed by atoms with Crippen molar-refractivity contribution in [3.63, 3.8) is 0 Å². The van der Waals surface area contributed by atoms with Gasteiger partial charge >= 0.3 is 0 Å². The Labute approximate surface area is 111 Å². The Morgan fingerprint density at radius 3 is 1.83 bits per heavy atom. The molecule has 0 N–H and O–H groups in total. The monoisotopic (exact) mass is 268 g/mol. The summed E-state index contributed by atoms with van der Waals surface area (Å²) in [5.41, 5.74) is 0.735. The van der Waals surface area contributed by atoms with Gasteiger partial charge in [-0.25, -0.2) is 8.42 Å². The maximum atomic E-state index is 12.3. The zero-order valence-corrected chi connectivity index (χ0v) is 12.8. The third kappa shape index (κ3) is 2.20. The first-order chi connectivity index (χ1) is 8.23. The van der Waals surface area contributed by atoms with E-state index in [1.165, 1.54) is 6.26 Å². The van der Waals surface area contributed by atoms with Crippen molar-refractivity contribution in [3.05, 3.63) is 35.9 Å². The molecule has 0 radical (unpaired) electrons. The maximum absolute atomic E-state index is 12.3. The quantitative estimate of drug-likeness (QED) is 0.818. The SMILES string of the molecule is CCC(C)(c1ccccc1)C(C)(CC)S(C)(=O)=O. The Hall–Kier alpha value is -0.830. The number of rotatable bonds is 5. The van der Waals surface area contributed by atoms with Crippen molar-refractivity contribution in [1.29, 1.82) is 0 Å². The Morgan fingerprint density at radius 2 is 1.50 bits per heavy atom. The van der Waals surface area contributed by atoms with Crippen LogP contribution in [0, 0.1) is 0 Å². The van der Waals surface area contributed by atoms with Crippen LogP contribution in [0.5, 0.6) is 0 Å². The van der Waals surface area contributed by atoms with Crippen LogP contribution >= 0.6 is 0 Å². The average molecular weight is 268 g/mol. The largest absolute Gasteiger partial charge is 0.229 e. The molecule has 1 aromatic rings. The van der Waals surface area contributed by atoms with E-state index in [4.69, 9.17) is 0 Å². The molecular weight excluding hydrogens is 244 g/mol. The van der Waals surface area contributed by atoms with Crippen molar-refractivity contribution >= 4 is 9.84 Å². The summed E-state index contributed by atoms with van der Waals surface area (Å²) in [5, 5.41) is 0. The summed E-state index contributed by atoms with van der Waals surface area (Å²) in [6.07, 6.45) is 2.77. The van der Waals surface area contributed by atoms with Crippen LogP contribution in [0.25, 0.3) is 0 Å². The number of benzene rings is 1. The van der Waals surface area contributed by atoms with Gasteiger partial charge in [0.05, 0.1) is 4.75 Å². The van der Waals surface area contributed by atoms with E-state index in [1.54, 1.807) is 0 Å². The van der Waals surface area contributed by atoms with Crippen LogP contribution in [0.2, 0.25) is 0 Å². The number of hydrogen-bond donors (Lipinski definition) is 0. The lowest BCUT2D eigenvalue weighted by molar-refractivity contribution is 0.315. The van der Waals surface area contributed by atoms with Crippen molar-refractivity contribution < 1.29 is 8.42 Å².